The summed E-state index contributed by atoms with van der Waals surface area (Å²) in [5, 5.41) is 12.2. The van der Waals surface area contributed by atoms with Gasteiger partial charge in [0.2, 0.25) is 0 Å². The number of benzene rings is 2. The maximum atomic E-state index is 12.1. The highest BCUT2D eigenvalue weighted by Gasteiger charge is 2.11. The number of anilines is 2. The average Bonchev–Trinajstić information content (AvgIpc) is 2.37. The molecule has 2 aromatic carbocycles. The van der Waals surface area contributed by atoms with E-state index in [4.69, 9.17) is 5.73 Å². The standard InChI is InChI=1S/C15H16N2O2/c1-9-4-3-5-12(16)14(9)17-15(19)11-6-7-13(18)10(2)8-11/h3-8,18H,16H2,1-2H3,(H,17,19). The van der Waals surface area contributed by atoms with E-state index in [0.717, 1.165) is 5.56 Å². The number of nitrogens with two attached hydrogens (primary N) is 1. The van der Waals surface area contributed by atoms with Crippen molar-refractivity contribution in [1.82, 2.24) is 0 Å². The highest BCUT2D eigenvalue weighted by Crippen LogP contribution is 2.24. The van der Waals surface area contributed by atoms with Crippen molar-refractivity contribution >= 4 is 17.3 Å². The number of hydrogen-bond donors (Lipinski definition) is 3. The number of amides is 1. The Balaban J connectivity index is 2.28. The number of nitrogen functional groups attached to an aromatic ring is 1. The van der Waals surface area contributed by atoms with Crippen LogP contribution in [0.4, 0.5) is 11.4 Å². The Bertz CT molecular complexity index is 616. The van der Waals surface area contributed by atoms with Gasteiger partial charge >= 0.3 is 0 Å². The Morgan fingerprint density at radius 3 is 2.53 bits per heavy atom. The van der Waals surface area contributed by atoms with Crippen molar-refractivity contribution in [1.29, 1.82) is 0 Å². The highest BCUT2D eigenvalue weighted by molar-refractivity contribution is 6.06. The molecule has 0 unspecified atom stereocenters. The van der Waals surface area contributed by atoms with Crippen LogP contribution in [-0.4, -0.2) is 11.0 Å². The first-order chi connectivity index (χ1) is 8.99. The van der Waals surface area contributed by atoms with Crippen molar-refractivity contribution in [3.05, 3.63) is 53.1 Å². The molecule has 4 nitrogen and oxygen atoms in total. The van der Waals surface area contributed by atoms with Gasteiger partial charge in [0, 0.05) is 5.56 Å². The Morgan fingerprint density at radius 1 is 1.16 bits per heavy atom. The zero-order valence-electron chi connectivity index (χ0n) is 10.9. The van der Waals surface area contributed by atoms with Gasteiger partial charge in [-0.2, -0.15) is 0 Å². The Labute approximate surface area is 111 Å². The third-order valence-electron chi connectivity index (χ3n) is 3.00. The second kappa shape index (κ2) is 5.02. The molecule has 0 aliphatic heterocycles. The molecule has 0 atom stereocenters. The summed E-state index contributed by atoms with van der Waals surface area (Å²) >= 11 is 0. The minimum atomic E-state index is -0.246. The summed E-state index contributed by atoms with van der Waals surface area (Å²) in [6, 6.07) is 10.2. The molecule has 0 saturated carbocycles. The van der Waals surface area contributed by atoms with Crippen LogP contribution in [0.2, 0.25) is 0 Å². The lowest BCUT2D eigenvalue weighted by Crippen LogP contribution is -2.14. The number of phenolic OH excluding ortho intramolecular Hbond substituents is 1. The minimum Gasteiger partial charge on any atom is -0.508 e. The SMILES string of the molecule is Cc1cc(C(=O)Nc2c(C)cccc2N)ccc1O. The van der Waals surface area contributed by atoms with Gasteiger partial charge in [-0.15, -0.1) is 0 Å². The van der Waals surface area contributed by atoms with Crippen molar-refractivity contribution in [2.24, 2.45) is 0 Å². The van der Waals surface area contributed by atoms with Gasteiger partial charge in [0.1, 0.15) is 5.75 Å². The number of para-hydroxylation sites is 1. The number of nitrogens with one attached hydrogen (secondary N) is 1. The van der Waals surface area contributed by atoms with Crippen LogP contribution in [-0.2, 0) is 0 Å². The molecule has 0 heterocycles. The third kappa shape index (κ3) is 2.68. The van der Waals surface area contributed by atoms with Crippen LogP contribution in [0.3, 0.4) is 0 Å². The predicted molar refractivity (Wildman–Crippen MR) is 76.4 cm³/mol. The van der Waals surface area contributed by atoms with E-state index in [9.17, 15) is 9.90 Å². The van der Waals surface area contributed by atoms with Crippen LogP contribution in [0.15, 0.2) is 36.4 Å². The van der Waals surface area contributed by atoms with E-state index in [1.165, 1.54) is 6.07 Å². The second-order valence-corrected chi connectivity index (χ2v) is 4.49. The van der Waals surface area contributed by atoms with Gasteiger partial charge < -0.3 is 16.2 Å². The average molecular weight is 256 g/mol. The molecule has 0 saturated heterocycles. The number of rotatable bonds is 2. The summed E-state index contributed by atoms with van der Waals surface area (Å²) in [5.74, 6) is -0.0731. The molecule has 2 aromatic rings. The van der Waals surface area contributed by atoms with E-state index in [2.05, 4.69) is 5.32 Å². The number of phenols is 1. The second-order valence-electron chi connectivity index (χ2n) is 4.49. The molecule has 98 valence electrons. The number of carbonyl (C=O) groups is 1. The number of hydrogen-bond acceptors (Lipinski definition) is 3. The molecule has 0 spiro atoms. The van der Waals surface area contributed by atoms with Gasteiger partial charge in [-0.1, -0.05) is 12.1 Å². The van der Waals surface area contributed by atoms with Gasteiger partial charge in [0.05, 0.1) is 11.4 Å². The van der Waals surface area contributed by atoms with Crippen molar-refractivity contribution in [3.63, 3.8) is 0 Å². The molecule has 4 heteroatoms. The Kier molecular flexibility index (Phi) is 3.42. The number of carbonyl (C=O) groups excluding carboxylic acids is 1. The lowest BCUT2D eigenvalue weighted by Gasteiger charge is -2.11. The summed E-state index contributed by atoms with van der Waals surface area (Å²) in [6.07, 6.45) is 0. The zero-order chi connectivity index (χ0) is 14.0. The molecule has 0 fully saturated rings. The molecular formula is C15H16N2O2. The topological polar surface area (TPSA) is 75.4 Å². The van der Waals surface area contributed by atoms with Crippen LogP contribution in [0.5, 0.6) is 5.75 Å². The normalized spacial score (nSPS) is 10.2. The first kappa shape index (κ1) is 13.0. The predicted octanol–water partition coefficient (Wildman–Crippen LogP) is 2.84. The lowest BCUT2D eigenvalue weighted by molar-refractivity contribution is 0.102. The maximum absolute atomic E-state index is 12.1. The fourth-order valence-corrected chi connectivity index (χ4v) is 1.84. The van der Waals surface area contributed by atoms with Gasteiger partial charge in [-0.25, -0.2) is 0 Å². The summed E-state index contributed by atoms with van der Waals surface area (Å²) in [7, 11) is 0. The van der Waals surface area contributed by atoms with Crippen LogP contribution in [0.1, 0.15) is 21.5 Å². The fraction of sp³-hybridized carbons (Fsp3) is 0.133. The van der Waals surface area contributed by atoms with Gasteiger partial charge in [-0.3, -0.25) is 4.79 Å². The van der Waals surface area contributed by atoms with Gasteiger partial charge in [0.25, 0.3) is 5.91 Å². The molecule has 0 aliphatic carbocycles. The molecule has 0 bridgehead atoms. The van der Waals surface area contributed by atoms with E-state index >= 15 is 0 Å². The maximum Gasteiger partial charge on any atom is 0.255 e. The largest absolute Gasteiger partial charge is 0.508 e. The third-order valence-corrected chi connectivity index (χ3v) is 3.00. The Hall–Kier alpha value is -2.49. The first-order valence-electron chi connectivity index (χ1n) is 5.95. The summed E-state index contributed by atoms with van der Waals surface area (Å²) in [5.41, 5.74) is 9.05. The fourth-order valence-electron chi connectivity index (χ4n) is 1.84. The summed E-state index contributed by atoms with van der Waals surface area (Å²) < 4.78 is 0. The highest BCUT2D eigenvalue weighted by atomic mass is 16.3. The van der Waals surface area contributed by atoms with Crippen LogP contribution >= 0.6 is 0 Å². The van der Waals surface area contributed by atoms with Crippen molar-refractivity contribution in [3.8, 4) is 5.75 Å². The first-order valence-corrected chi connectivity index (χ1v) is 5.95. The van der Waals surface area contributed by atoms with Gasteiger partial charge in [-0.05, 0) is 49.2 Å². The van der Waals surface area contributed by atoms with Crippen LogP contribution in [0.25, 0.3) is 0 Å². The van der Waals surface area contributed by atoms with E-state index in [-0.39, 0.29) is 11.7 Å². The van der Waals surface area contributed by atoms with Crippen LogP contribution in [0, 0.1) is 13.8 Å². The van der Waals surface area contributed by atoms with Crippen LogP contribution < -0.4 is 11.1 Å². The molecular weight excluding hydrogens is 240 g/mol. The molecule has 19 heavy (non-hydrogen) atoms. The Morgan fingerprint density at radius 2 is 1.89 bits per heavy atom. The molecule has 0 aromatic heterocycles. The number of aromatic hydroxyl groups is 1. The monoisotopic (exact) mass is 256 g/mol. The lowest BCUT2D eigenvalue weighted by atomic mass is 10.1. The molecule has 4 N–H and O–H groups in total. The number of aryl methyl sites for hydroxylation is 2. The summed E-state index contributed by atoms with van der Waals surface area (Å²) in [6.45, 7) is 3.63. The van der Waals surface area contributed by atoms with Crippen molar-refractivity contribution in [2.45, 2.75) is 13.8 Å². The van der Waals surface area contributed by atoms with E-state index in [1.54, 1.807) is 25.1 Å². The van der Waals surface area contributed by atoms with E-state index in [1.807, 2.05) is 19.1 Å². The van der Waals surface area contributed by atoms with E-state index in [0.29, 0.717) is 22.5 Å². The molecule has 2 rings (SSSR count). The molecule has 0 aliphatic rings. The zero-order valence-corrected chi connectivity index (χ0v) is 10.9. The summed E-state index contributed by atoms with van der Waals surface area (Å²) in [4.78, 5) is 12.1. The minimum absolute atomic E-state index is 0.173. The molecule has 1 amide bonds. The smallest absolute Gasteiger partial charge is 0.255 e. The molecule has 0 radical (unpaired) electrons. The van der Waals surface area contributed by atoms with Gasteiger partial charge in [0.15, 0.2) is 0 Å². The van der Waals surface area contributed by atoms with E-state index < -0.39 is 0 Å². The quantitative estimate of drug-likeness (QED) is 0.723. The van der Waals surface area contributed by atoms with Crippen molar-refractivity contribution < 1.29 is 9.90 Å². The van der Waals surface area contributed by atoms with Crippen molar-refractivity contribution in [2.75, 3.05) is 11.1 Å².